The van der Waals surface area contributed by atoms with Gasteiger partial charge in [-0.05, 0) is 23.8 Å². The molecule has 1 heterocycles. The Balaban J connectivity index is 2.05. The number of benzene rings is 1. The first-order valence-electron chi connectivity index (χ1n) is 7.61. The Kier molecular flexibility index (Phi) is 4.37. The molecule has 112 valence electrons. The van der Waals surface area contributed by atoms with Crippen LogP contribution in [-0.2, 0) is 10.2 Å². The maximum atomic E-state index is 12.3. The highest BCUT2D eigenvalue weighted by molar-refractivity contribution is 5.77. The van der Waals surface area contributed by atoms with Crippen molar-refractivity contribution in [2.24, 2.45) is 5.41 Å². The normalized spacial score (nSPS) is 18.1. The summed E-state index contributed by atoms with van der Waals surface area (Å²) >= 11 is 0. The molecule has 1 aliphatic heterocycles. The lowest BCUT2D eigenvalue weighted by Crippen LogP contribution is -2.45. The second kappa shape index (κ2) is 5.89. The number of hydrogen-bond donors (Lipinski definition) is 0. The molecule has 1 amide bonds. The maximum Gasteiger partial charge on any atom is 0.223 e. The number of carbonyl (C=O) groups is 1. The van der Waals surface area contributed by atoms with Crippen LogP contribution in [0.1, 0.15) is 45.6 Å². The molecule has 1 aromatic rings. The van der Waals surface area contributed by atoms with Gasteiger partial charge in [0.1, 0.15) is 0 Å². The highest BCUT2D eigenvalue weighted by atomic mass is 16.2. The number of carbonyl (C=O) groups excluding carboxylic acids is 1. The van der Waals surface area contributed by atoms with E-state index in [0.717, 1.165) is 18.4 Å². The fourth-order valence-corrected chi connectivity index (χ4v) is 2.93. The van der Waals surface area contributed by atoms with Crippen LogP contribution in [0.5, 0.6) is 0 Å². The quantitative estimate of drug-likeness (QED) is 0.834. The summed E-state index contributed by atoms with van der Waals surface area (Å²) in [6.45, 7) is 7.60. The Hall–Kier alpha value is -1.82. The molecule has 3 heteroatoms. The topological polar surface area (TPSA) is 44.1 Å². The summed E-state index contributed by atoms with van der Waals surface area (Å²) in [6, 6.07) is 12.5. The fourth-order valence-electron chi connectivity index (χ4n) is 2.93. The number of likely N-dealkylation sites (tertiary alicyclic amines) is 1. The van der Waals surface area contributed by atoms with Crippen LogP contribution in [0.2, 0.25) is 0 Å². The lowest BCUT2D eigenvalue weighted by molar-refractivity contribution is -0.134. The lowest BCUT2D eigenvalue weighted by atomic mass is 9.74. The Morgan fingerprint density at radius 2 is 1.81 bits per heavy atom. The summed E-state index contributed by atoms with van der Waals surface area (Å²) in [5, 5.41) is 9.65. The van der Waals surface area contributed by atoms with Gasteiger partial charge < -0.3 is 4.90 Å². The Labute approximate surface area is 127 Å². The first kappa shape index (κ1) is 15.6. The number of piperidine rings is 1. The van der Waals surface area contributed by atoms with Crippen molar-refractivity contribution in [3.05, 3.63) is 35.9 Å². The van der Waals surface area contributed by atoms with Gasteiger partial charge in [-0.15, -0.1) is 0 Å². The summed E-state index contributed by atoms with van der Waals surface area (Å²) < 4.78 is 0. The van der Waals surface area contributed by atoms with Crippen LogP contribution in [0.4, 0.5) is 0 Å². The predicted octanol–water partition coefficient (Wildman–Crippen LogP) is 3.51. The minimum absolute atomic E-state index is 0.0142. The van der Waals surface area contributed by atoms with E-state index in [9.17, 15) is 10.1 Å². The zero-order valence-corrected chi connectivity index (χ0v) is 13.2. The van der Waals surface area contributed by atoms with E-state index in [0.29, 0.717) is 19.5 Å². The number of nitrogens with zero attached hydrogens (tertiary/aromatic N) is 2. The van der Waals surface area contributed by atoms with Gasteiger partial charge in [-0.2, -0.15) is 5.26 Å². The number of amides is 1. The first-order chi connectivity index (χ1) is 9.86. The average molecular weight is 284 g/mol. The van der Waals surface area contributed by atoms with Gasteiger partial charge in [-0.1, -0.05) is 51.1 Å². The van der Waals surface area contributed by atoms with Crippen LogP contribution in [-0.4, -0.2) is 23.9 Å². The lowest BCUT2D eigenvalue weighted by Gasteiger charge is -2.38. The second-order valence-corrected chi connectivity index (χ2v) is 7.18. The molecule has 0 atom stereocenters. The molecular weight excluding hydrogens is 260 g/mol. The average Bonchev–Trinajstić information content (AvgIpc) is 2.46. The summed E-state index contributed by atoms with van der Waals surface area (Å²) in [4.78, 5) is 14.2. The van der Waals surface area contributed by atoms with Crippen molar-refractivity contribution in [3.63, 3.8) is 0 Å². The Morgan fingerprint density at radius 3 is 2.29 bits per heavy atom. The number of hydrogen-bond acceptors (Lipinski definition) is 2. The van der Waals surface area contributed by atoms with Crippen molar-refractivity contribution in [2.45, 2.75) is 45.4 Å². The van der Waals surface area contributed by atoms with Gasteiger partial charge in [0.05, 0.1) is 11.5 Å². The van der Waals surface area contributed by atoms with Gasteiger partial charge in [-0.3, -0.25) is 4.79 Å². The largest absolute Gasteiger partial charge is 0.343 e. The number of nitriles is 1. The summed E-state index contributed by atoms with van der Waals surface area (Å²) in [5.74, 6) is 0.210. The van der Waals surface area contributed by atoms with E-state index < -0.39 is 5.41 Å². The molecule has 1 fully saturated rings. The molecular formula is C18H24N2O. The molecule has 21 heavy (non-hydrogen) atoms. The van der Waals surface area contributed by atoms with E-state index in [1.165, 1.54) is 0 Å². The van der Waals surface area contributed by atoms with E-state index in [2.05, 4.69) is 26.8 Å². The second-order valence-electron chi connectivity index (χ2n) is 7.18. The Morgan fingerprint density at radius 1 is 1.24 bits per heavy atom. The van der Waals surface area contributed by atoms with Crippen molar-refractivity contribution in [2.75, 3.05) is 13.1 Å². The molecule has 0 radical (unpaired) electrons. The van der Waals surface area contributed by atoms with Gasteiger partial charge in [0.25, 0.3) is 0 Å². The van der Waals surface area contributed by atoms with E-state index in [-0.39, 0.29) is 11.3 Å². The number of rotatable bonds is 2. The van der Waals surface area contributed by atoms with Gasteiger partial charge in [0, 0.05) is 19.5 Å². The summed E-state index contributed by atoms with van der Waals surface area (Å²) in [5.41, 5.74) is 0.662. The zero-order chi connectivity index (χ0) is 15.5. The fraction of sp³-hybridized carbons (Fsp3) is 0.556. The minimum Gasteiger partial charge on any atom is -0.343 e. The molecule has 1 saturated heterocycles. The van der Waals surface area contributed by atoms with E-state index in [4.69, 9.17) is 0 Å². The smallest absolute Gasteiger partial charge is 0.223 e. The maximum absolute atomic E-state index is 12.3. The zero-order valence-electron chi connectivity index (χ0n) is 13.2. The van der Waals surface area contributed by atoms with Crippen LogP contribution in [0.3, 0.4) is 0 Å². The molecule has 0 spiro atoms. The van der Waals surface area contributed by atoms with Gasteiger partial charge in [0.2, 0.25) is 5.91 Å². The van der Waals surface area contributed by atoms with E-state index in [1.54, 1.807) is 0 Å². The monoisotopic (exact) mass is 284 g/mol. The molecule has 1 aromatic carbocycles. The first-order valence-corrected chi connectivity index (χ1v) is 7.61. The molecule has 3 nitrogen and oxygen atoms in total. The molecule has 0 aromatic heterocycles. The van der Waals surface area contributed by atoms with Crippen LogP contribution in [0.15, 0.2) is 30.3 Å². The highest BCUT2D eigenvalue weighted by Gasteiger charge is 2.37. The molecule has 0 aliphatic carbocycles. The van der Waals surface area contributed by atoms with Crippen molar-refractivity contribution in [1.82, 2.24) is 4.90 Å². The van der Waals surface area contributed by atoms with Crippen LogP contribution < -0.4 is 0 Å². The molecule has 0 saturated carbocycles. The van der Waals surface area contributed by atoms with Crippen LogP contribution in [0, 0.1) is 16.7 Å². The Bertz CT molecular complexity index is 529. The van der Waals surface area contributed by atoms with Gasteiger partial charge in [0.15, 0.2) is 0 Å². The minimum atomic E-state index is -0.431. The third-order valence-electron chi connectivity index (χ3n) is 4.19. The SMILES string of the molecule is CC(C)(C)CC(=O)N1CCC(C#N)(c2ccccc2)CC1. The van der Waals surface area contributed by atoms with Crippen LogP contribution in [0.25, 0.3) is 0 Å². The van der Waals surface area contributed by atoms with Crippen molar-refractivity contribution < 1.29 is 4.79 Å². The van der Waals surface area contributed by atoms with E-state index >= 15 is 0 Å². The molecule has 0 bridgehead atoms. The molecule has 0 N–H and O–H groups in total. The summed E-state index contributed by atoms with van der Waals surface area (Å²) in [7, 11) is 0. The summed E-state index contributed by atoms with van der Waals surface area (Å²) in [6.07, 6.45) is 2.02. The molecule has 2 rings (SSSR count). The van der Waals surface area contributed by atoms with Gasteiger partial charge in [-0.25, -0.2) is 0 Å². The van der Waals surface area contributed by atoms with Crippen molar-refractivity contribution in [1.29, 1.82) is 5.26 Å². The highest BCUT2D eigenvalue weighted by Crippen LogP contribution is 2.35. The van der Waals surface area contributed by atoms with Crippen molar-refractivity contribution >= 4 is 5.91 Å². The predicted molar refractivity (Wildman–Crippen MR) is 83.6 cm³/mol. The van der Waals surface area contributed by atoms with E-state index in [1.807, 2.05) is 35.2 Å². The van der Waals surface area contributed by atoms with Crippen molar-refractivity contribution in [3.8, 4) is 6.07 Å². The molecule has 1 aliphatic rings. The third kappa shape index (κ3) is 3.64. The standard InChI is InChI=1S/C18H24N2O/c1-17(2,3)13-16(21)20-11-9-18(14-19,10-12-20)15-7-5-4-6-8-15/h4-8H,9-13H2,1-3H3. The van der Waals surface area contributed by atoms with Gasteiger partial charge >= 0.3 is 0 Å². The third-order valence-corrected chi connectivity index (χ3v) is 4.19. The van der Waals surface area contributed by atoms with Crippen LogP contribution >= 0.6 is 0 Å². The molecule has 0 unspecified atom stereocenters.